The lowest BCUT2D eigenvalue weighted by atomic mass is 9.90. The molecule has 1 fully saturated rings. The van der Waals surface area contributed by atoms with E-state index in [9.17, 15) is 14.4 Å². The Hall–Kier alpha value is -1.39. The largest absolute Gasteiger partial charge is 0.328 e. The Kier molecular flexibility index (Phi) is 3.82. The van der Waals surface area contributed by atoms with Crippen LogP contribution in [0.1, 0.15) is 33.1 Å². The first-order chi connectivity index (χ1) is 7.04. The number of hydrogen-bond donors (Lipinski definition) is 2. The molecule has 15 heavy (non-hydrogen) atoms. The number of urea groups is 1. The van der Waals surface area contributed by atoms with Crippen molar-refractivity contribution in [1.29, 1.82) is 0 Å². The van der Waals surface area contributed by atoms with E-state index in [0.717, 1.165) is 12.8 Å². The quantitative estimate of drug-likeness (QED) is 0.677. The Morgan fingerprint density at radius 2 is 1.73 bits per heavy atom. The van der Waals surface area contributed by atoms with Gasteiger partial charge in [-0.15, -0.1) is 0 Å². The lowest BCUT2D eigenvalue weighted by molar-refractivity contribution is -0.136. The molecular formula is C10H16N2O3. The van der Waals surface area contributed by atoms with Gasteiger partial charge in [-0.05, 0) is 12.3 Å². The molecule has 84 valence electrons. The number of rotatable bonds is 4. The van der Waals surface area contributed by atoms with Gasteiger partial charge in [0.15, 0.2) is 0 Å². The Morgan fingerprint density at radius 1 is 1.20 bits per heavy atom. The zero-order valence-corrected chi connectivity index (χ0v) is 9.00. The van der Waals surface area contributed by atoms with Crippen molar-refractivity contribution in [3.05, 3.63) is 0 Å². The maximum atomic E-state index is 11.4. The Morgan fingerprint density at radius 3 is 2.20 bits per heavy atom. The van der Waals surface area contributed by atoms with Crippen LogP contribution in [0.3, 0.4) is 0 Å². The SMILES string of the molecule is CCC[C@@H](C)CC1C(=O)NC(=O)NC1=O. The van der Waals surface area contributed by atoms with Crippen molar-refractivity contribution in [2.24, 2.45) is 11.8 Å². The van der Waals surface area contributed by atoms with E-state index in [2.05, 4.69) is 17.6 Å². The summed E-state index contributed by atoms with van der Waals surface area (Å²) in [6, 6.07) is -0.718. The fourth-order valence-corrected chi connectivity index (χ4v) is 1.78. The molecule has 0 spiro atoms. The van der Waals surface area contributed by atoms with Crippen LogP contribution in [-0.4, -0.2) is 17.8 Å². The molecule has 0 aliphatic carbocycles. The molecule has 1 aliphatic heterocycles. The fourth-order valence-electron chi connectivity index (χ4n) is 1.78. The lowest BCUT2D eigenvalue weighted by Gasteiger charge is -2.22. The van der Waals surface area contributed by atoms with E-state index in [1.54, 1.807) is 0 Å². The predicted molar refractivity (Wildman–Crippen MR) is 53.9 cm³/mol. The highest BCUT2D eigenvalue weighted by molar-refractivity contribution is 6.16. The fraction of sp³-hybridized carbons (Fsp3) is 0.700. The first-order valence-electron chi connectivity index (χ1n) is 5.20. The number of carbonyl (C=O) groups excluding carboxylic acids is 3. The molecule has 5 nitrogen and oxygen atoms in total. The predicted octanol–water partition coefficient (Wildman–Crippen LogP) is 0.795. The minimum Gasteiger partial charge on any atom is -0.277 e. The second-order valence-electron chi connectivity index (χ2n) is 3.99. The highest BCUT2D eigenvalue weighted by Crippen LogP contribution is 2.18. The number of carbonyl (C=O) groups is 3. The van der Waals surface area contributed by atoms with Crippen molar-refractivity contribution in [3.63, 3.8) is 0 Å². The molecule has 1 heterocycles. The van der Waals surface area contributed by atoms with E-state index < -0.39 is 23.8 Å². The molecule has 1 atom stereocenters. The lowest BCUT2D eigenvalue weighted by Crippen LogP contribution is -2.55. The second-order valence-corrected chi connectivity index (χ2v) is 3.99. The van der Waals surface area contributed by atoms with Gasteiger partial charge in [0.25, 0.3) is 0 Å². The molecule has 0 radical (unpaired) electrons. The van der Waals surface area contributed by atoms with Gasteiger partial charge in [-0.1, -0.05) is 26.7 Å². The van der Waals surface area contributed by atoms with E-state index in [1.165, 1.54) is 0 Å². The van der Waals surface area contributed by atoms with Crippen molar-refractivity contribution in [2.45, 2.75) is 33.1 Å². The van der Waals surface area contributed by atoms with Crippen LogP contribution in [0.2, 0.25) is 0 Å². The van der Waals surface area contributed by atoms with E-state index in [-0.39, 0.29) is 0 Å². The summed E-state index contributed by atoms with van der Waals surface area (Å²) in [4.78, 5) is 33.5. The van der Waals surface area contributed by atoms with Crippen LogP contribution in [-0.2, 0) is 9.59 Å². The van der Waals surface area contributed by atoms with Crippen LogP contribution >= 0.6 is 0 Å². The van der Waals surface area contributed by atoms with Gasteiger partial charge in [0.05, 0.1) is 0 Å². The molecule has 0 saturated carbocycles. The summed E-state index contributed by atoms with van der Waals surface area (Å²) in [5, 5.41) is 4.19. The molecule has 1 rings (SSSR count). The average Bonchev–Trinajstić information content (AvgIpc) is 2.11. The summed E-state index contributed by atoms with van der Waals surface area (Å²) in [5.41, 5.74) is 0. The molecule has 0 aromatic heterocycles. The van der Waals surface area contributed by atoms with Gasteiger partial charge in [-0.3, -0.25) is 20.2 Å². The first-order valence-corrected chi connectivity index (χ1v) is 5.20. The molecule has 0 aromatic rings. The summed E-state index contributed by atoms with van der Waals surface area (Å²) < 4.78 is 0. The number of nitrogens with one attached hydrogen (secondary N) is 2. The van der Waals surface area contributed by atoms with E-state index in [1.807, 2.05) is 6.92 Å². The molecule has 0 bridgehead atoms. The Balaban J connectivity index is 2.56. The van der Waals surface area contributed by atoms with Gasteiger partial charge in [-0.25, -0.2) is 4.79 Å². The molecular weight excluding hydrogens is 196 g/mol. The summed E-state index contributed by atoms with van der Waals surface area (Å²) >= 11 is 0. The van der Waals surface area contributed by atoms with Crippen molar-refractivity contribution in [1.82, 2.24) is 10.6 Å². The first kappa shape index (κ1) is 11.7. The molecule has 5 heteroatoms. The minimum atomic E-state index is -0.718. The molecule has 0 aromatic carbocycles. The maximum Gasteiger partial charge on any atom is 0.328 e. The van der Waals surface area contributed by atoms with Gasteiger partial charge < -0.3 is 0 Å². The van der Waals surface area contributed by atoms with Gasteiger partial charge in [0.1, 0.15) is 5.92 Å². The maximum absolute atomic E-state index is 11.4. The zero-order chi connectivity index (χ0) is 11.4. The summed E-state index contributed by atoms with van der Waals surface area (Å²) in [6.07, 6.45) is 2.50. The highest BCUT2D eigenvalue weighted by Gasteiger charge is 2.34. The second kappa shape index (κ2) is 4.91. The van der Waals surface area contributed by atoms with Crippen LogP contribution in [0.25, 0.3) is 0 Å². The summed E-state index contributed by atoms with van der Waals surface area (Å²) in [7, 11) is 0. The van der Waals surface area contributed by atoms with Gasteiger partial charge in [0.2, 0.25) is 11.8 Å². The van der Waals surface area contributed by atoms with E-state index in [0.29, 0.717) is 12.3 Å². The third kappa shape index (κ3) is 3.04. The number of hydrogen-bond acceptors (Lipinski definition) is 3. The van der Waals surface area contributed by atoms with Crippen LogP contribution in [0.5, 0.6) is 0 Å². The third-order valence-corrected chi connectivity index (χ3v) is 2.53. The van der Waals surface area contributed by atoms with Gasteiger partial charge in [-0.2, -0.15) is 0 Å². The Labute approximate surface area is 88.6 Å². The molecule has 1 aliphatic rings. The zero-order valence-electron chi connectivity index (χ0n) is 9.00. The third-order valence-electron chi connectivity index (χ3n) is 2.53. The van der Waals surface area contributed by atoms with Crippen LogP contribution in [0.4, 0.5) is 4.79 Å². The van der Waals surface area contributed by atoms with E-state index >= 15 is 0 Å². The van der Waals surface area contributed by atoms with Crippen molar-refractivity contribution >= 4 is 17.8 Å². The smallest absolute Gasteiger partial charge is 0.277 e. The standard InChI is InChI=1S/C10H16N2O3/c1-3-4-6(2)5-7-8(13)11-10(15)12-9(7)14/h6-7H,3-5H2,1-2H3,(H2,11,12,13,14,15)/t6-/m1/s1. The summed E-state index contributed by atoms with van der Waals surface area (Å²) in [6.45, 7) is 4.06. The van der Waals surface area contributed by atoms with Crippen LogP contribution < -0.4 is 10.6 Å². The Bertz CT molecular complexity index is 268. The van der Waals surface area contributed by atoms with E-state index in [4.69, 9.17) is 0 Å². The molecule has 1 saturated heterocycles. The van der Waals surface area contributed by atoms with Crippen molar-refractivity contribution < 1.29 is 14.4 Å². The topological polar surface area (TPSA) is 75.3 Å². The van der Waals surface area contributed by atoms with Crippen LogP contribution in [0, 0.1) is 11.8 Å². The monoisotopic (exact) mass is 212 g/mol. The number of barbiturate groups is 1. The van der Waals surface area contributed by atoms with Crippen molar-refractivity contribution in [2.75, 3.05) is 0 Å². The average molecular weight is 212 g/mol. The normalized spacial score (nSPS) is 19.7. The minimum absolute atomic E-state index is 0.310. The molecule has 0 unspecified atom stereocenters. The highest BCUT2D eigenvalue weighted by atomic mass is 16.2. The summed E-state index contributed by atoms with van der Waals surface area (Å²) in [5.74, 6) is -1.37. The number of imide groups is 2. The number of amides is 4. The molecule has 4 amide bonds. The van der Waals surface area contributed by atoms with Gasteiger partial charge >= 0.3 is 6.03 Å². The molecule has 2 N–H and O–H groups in total. The van der Waals surface area contributed by atoms with Crippen molar-refractivity contribution in [3.8, 4) is 0 Å². The van der Waals surface area contributed by atoms with Gasteiger partial charge in [0, 0.05) is 0 Å². The van der Waals surface area contributed by atoms with Crippen LogP contribution in [0.15, 0.2) is 0 Å².